The van der Waals surface area contributed by atoms with Gasteiger partial charge >= 0.3 is 0 Å². The van der Waals surface area contributed by atoms with E-state index < -0.39 is 0 Å². The van der Waals surface area contributed by atoms with Gasteiger partial charge in [-0.1, -0.05) is 11.8 Å². The predicted molar refractivity (Wildman–Crippen MR) is 82.3 cm³/mol. The van der Waals surface area contributed by atoms with Gasteiger partial charge in [-0.25, -0.2) is 4.39 Å². The average molecular weight is 290 g/mol. The minimum Gasteiger partial charge on any atom is -0.384 e. The molecule has 0 atom stereocenters. The second-order valence-electron chi connectivity index (χ2n) is 6.25. The zero-order valence-corrected chi connectivity index (χ0v) is 13.0. The third-order valence-corrected chi connectivity index (χ3v) is 4.07. The molecule has 1 aliphatic rings. The van der Waals surface area contributed by atoms with E-state index in [9.17, 15) is 4.39 Å². The van der Waals surface area contributed by atoms with E-state index in [-0.39, 0.29) is 18.0 Å². The number of nitrogens with zero attached hydrogens (tertiary/aromatic N) is 2. The van der Waals surface area contributed by atoms with Crippen molar-refractivity contribution in [3.8, 4) is 11.8 Å². The largest absolute Gasteiger partial charge is 0.384 e. The molecule has 0 bridgehead atoms. The topological polar surface area (TPSA) is 26.7 Å². The highest BCUT2D eigenvalue weighted by Crippen LogP contribution is 2.21. The van der Waals surface area contributed by atoms with Crippen LogP contribution in [-0.4, -0.2) is 53.7 Å². The highest BCUT2D eigenvalue weighted by atomic mass is 19.1. The fourth-order valence-corrected chi connectivity index (χ4v) is 2.69. The molecule has 0 unspecified atom stereocenters. The van der Waals surface area contributed by atoms with Crippen molar-refractivity contribution in [1.82, 2.24) is 9.80 Å². The first-order valence-corrected chi connectivity index (χ1v) is 7.23. The molecule has 1 fully saturated rings. The molecule has 4 heteroatoms. The van der Waals surface area contributed by atoms with Crippen molar-refractivity contribution in [2.45, 2.75) is 25.9 Å². The fourth-order valence-electron chi connectivity index (χ4n) is 2.69. The number of hydrogen-bond donors (Lipinski definition) is 1. The van der Waals surface area contributed by atoms with Crippen LogP contribution in [0, 0.1) is 17.7 Å². The van der Waals surface area contributed by atoms with Gasteiger partial charge < -0.3 is 5.11 Å². The van der Waals surface area contributed by atoms with Gasteiger partial charge in [-0.2, -0.15) is 0 Å². The number of likely N-dealkylation sites (N-methyl/N-ethyl adjacent to an activating group) is 1. The molecule has 1 saturated heterocycles. The Labute approximate surface area is 126 Å². The number of benzene rings is 1. The molecule has 0 aromatic heterocycles. The molecule has 0 saturated carbocycles. The van der Waals surface area contributed by atoms with Gasteiger partial charge in [-0.3, -0.25) is 9.80 Å². The molecule has 2 rings (SSSR count). The monoisotopic (exact) mass is 290 g/mol. The maximum atomic E-state index is 13.7. The SMILES string of the molecule is CN1CCN(Cc2cc(F)cc(C#CCO)c2)CC1(C)C. The van der Waals surface area contributed by atoms with Gasteiger partial charge in [-0.05, 0) is 44.7 Å². The molecular formula is C17H23FN2O. The van der Waals surface area contributed by atoms with Gasteiger partial charge in [0.25, 0.3) is 0 Å². The van der Waals surface area contributed by atoms with Crippen LogP contribution in [0.2, 0.25) is 0 Å². The van der Waals surface area contributed by atoms with Crippen LogP contribution >= 0.6 is 0 Å². The summed E-state index contributed by atoms with van der Waals surface area (Å²) in [6, 6.07) is 4.87. The third-order valence-electron chi connectivity index (χ3n) is 4.07. The standard InChI is InChI=1S/C17H23FN2O/c1-17(2)13-20(7-6-19(17)3)12-15-9-14(5-4-8-21)10-16(18)11-15/h9-11,21H,6-8,12-13H2,1-3H3. The maximum absolute atomic E-state index is 13.7. The van der Waals surface area contributed by atoms with E-state index in [1.165, 1.54) is 6.07 Å². The highest BCUT2D eigenvalue weighted by Gasteiger charge is 2.30. The molecule has 1 aromatic rings. The molecule has 0 aliphatic carbocycles. The molecule has 0 amide bonds. The number of aliphatic hydroxyl groups is 1. The van der Waals surface area contributed by atoms with E-state index in [2.05, 4.69) is 42.5 Å². The van der Waals surface area contributed by atoms with E-state index in [1.54, 1.807) is 6.07 Å². The van der Waals surface area contributed by atoms with Gasteiger partial charge in [0.2, 0.25) is 0 Å². The quantitative estimate of drug-likeness (QED) is 0.840. The first kappa shape index (κ1) is 16.0. The predicted octanol–water partition coefficient (Wildman–Crippen LogP) is 1.70. The Hall–Kier alpha value is -1.41. The van der Waals surface area contributed by atoms with E-state index in [1.807, 2.05) is 6.07 Å². The highest BCUT2D eigenvalue weighted by molar-refractivity contribution is 5.37. The van der Waals surface area contributed by atoms with Gasteiger partial charge in [-0.15, -0.1) is 0 Å². The molecule has 0 spiro atoms. The molecular weight excluding hydrogens is 267 g/mol. The Bertz CT molecular complexity index is 560. The van der Waals surface area contributed by atoms with Gasteiger partial charge in [0, 0.05) is 37.3 Å². The van der Waals surface area contributed by atoms with E-state index in [4.69, 9.17) is 5.11 Å². The number of halogens is 1. The first-order chi connectivity index (χ1) is 9.90. The number of rotatable bonds is 2. The Morgan fingerprint density at radius 1 is 1.29 bits per heavy atom. The van der Waals surface area contributed by atoms with Gasteiger partial charge in [0.15, 0.2) is 0 Å². The van der Waals surface area contributed by atoms with Crippen LogP contribution in [-0.2, 0) is 6.54 Å². The molecule has 1 aliphatic heterocycles. The third kappa shape index (κ3) is 4.28. The lowest BCUT2D eigenvalue weighted by Crippen LogP contribution is -2.57. The van der Waals surface area contributed by atoms with Crippen molar-refractivity contribution in [2.75, 3.05) is 33.3 Å². The second kappa shape index (κ2) is 6.57. The summed E-state index contributed by atoms with van der Waals surface area (Å²) in [4.78, 5) is 4.70. The fraction of sp³-hybridized carbons (Fsp3) is 0.529. The zero-order chi connectivity index (χ0) is 15.5. The first-order valence-electron chi connectivity index (χ1n) is 7.23. The molecule has 1 aromatic carbocycles. The molecule has 1 N–H and O–H groups in total. The van der Waals surface area contributed by atoms with Crippen LogP contribution in [0.1, 0.15) is 25.0 Å². The van der Waals surface area contributed by atoms with Crippen LogP contribution in [0.25, 0.3) is 0 Å². The van der Waals surface area contributed by atoms with Crippen LogP contribution in [0.5, 0.6) is 0 Å². The summed E-state index contributed by atoms with van der Waals surface area (Å²) in [5, 5.41) is 8.73. The summed E-state index contributed by atoms with van der Waals surface area (Å²) in [5.74, 6) is 5.05. The molecule has 0 radical (unpaired) electrons. The van der Waals surface area contributed by atoms with Gasteiger partial charge in [0.05, 0.1) is 0 Å². The lowest BCUT2D eigenvalue weighted by Gasteiger charge is -2.45. The maximum Gasteiger partial charge on any atom is 0.124 e. The van der Waals surface area contributed by atoms with E-state index >= 15 is 0 Å². The van der Waals surface area contributed by atoms with Crippen molar-refractivity contribution in [3.63, 3.8) is 0 Å². The van der Waals surface area contributed by atoms with Crippen LogP contribution in [0.4, 0.5) is 4.39 Å². The molecule has 114 valence electrons. The van der Waals surface area contributed by atoms with Crippen LogP contribution in [0.15, 0.2) is 18.2 Å². The minimum absolute atomic E-state index is 0.130. The molecule has 1 heterocycles. The van der Waals surface area contributed by atoms with Crippen LogP contribution < -0.4 is 0 Å². The lowest BCUT2D eigenvalue weighted by atomic mass is 9.99. The summed E-state index contributed by atoms with van der Waals surface area (Å²) >= 11 is 0. The minimum atomic E-state index is -0.275. The Morgan fingerprint density at radius 3 is 2.71 bits per heavy atom. The van der Waals surface area contributed by atoms with Crippen molar-refractivity contribution < 1.29 is 9.50 Å². The summed E-state index contributed by atoms with van der Waals surface area (Å²) < 4.78 is 13.7. The average Bonchev–Trinajstić information content (AvgIpc) is 2.40. The Kier molecular flexibility index (Phi) is 5.00. The van der Waals surface area contributed by atoms with Crippen molar-refractivity contribution in [1.29, 1.82) is 0 Å². The number of piperazine rings is 1. The molecule has 3 nitrogen and oxygen atoms in total. The van der Waals surface area contributed by atoms with Crippen molar-refractivity contribution >= 4 is 0 Å². The molecule has 21 heavy (non-hydrogen) atoms. The summed E-state index contributed by atoms with van der Waals surface area (Å²) in [5.41, 5.74) is 1.68. The van der Waals surface area contributed by atoms with Crippen molar-refractivity contribution in [2.24, 2.45) is 0 Å². The summed E-state index contributed by atoms with van der Waals surface area (Å²) in [6.07, 6.45) is 0. The van der Waals surface area contributed by atoms with Crippen molar-refractivity contribution in [3.05, 3.63) is 35.1 Å². The Morgan fingerprint density at radius 2 is 2.05 bits per heavy atom. The number of hydrogen-bond acceptors (Lipinski definition) is 3. The van der Waals surface area contributed by atoms with E-state index in [0.29, 0.717) is 5.56 Å². The van der Waals surface area contributed by atoms with Gasteiger partial charge in [0.1, 0.15) is 12.4 Å². The lowest BCUT2D eigenvalue weighted by molar-refractivity contribution is 0.0360. The summed E-state index contributed by atoms with van der Waals surface area (Å²) in [7, 11) is 2.14. The number of aliphatic hydroxyl groups excluding tert-OH is 1. The van der Waals surface area contributed by atoms with E-state index in [0.717, 1.165) is 31.7 Å². The Balaban J connectivity index is 2.11. The summed E-state index contributed by atoms with van der Waals surface area (Å²) in [6.45, 7) is 7.92. The van der Waals surface area contributed by atoms with Crippen LogP contribution in [0.3, 0.4) is 0 Å². The zero-order valence-electron chi connectivity index (χ0n) is 13.0. The second-order valence-corrected chi connectivity index (χ2v) is 6.25. The normalized spacial score (nSPS) is 19.1. The smallest absolute Gasteiger partial charge is 0.124 e.